The predicted molar refractivity (Wildman–Crippen MR) is 98.4 cm³/mol. The van der Waals surface area contributed by atoms with Crippen LogP contribution in [0.3, 0.4) is 0 Å². The van der Waals surface area contributed by atoms with Gasteiger partial charge in [0.05, 0.1) is 13.7 Å². The van der Waals surface area contributed by atoms with Crippen LogP contribution in [-0.2, 0) is 14.8 Å². The fourth-order valence-corrected chi connectivity index (χ4v) is 4.00. The molecule has 0 aromatic heterocycles. The number of carbonyl (C=O) groups excluding carboxylic acids is 1. The third-order valence-corrected chi connectivity index (χ3v) is 6.13. The minimum atomic E-state index is -3.77. The maximum atomic E-state index is 12.5. The van der Waals surface area contributed by atoms with E-state index in [1.807, 2.05) is 11.8 Å². The second kappa shape index (κ2) is 8.68. The number of benzene rings is 1. The second-order valence-corrected chi connectivity index (χ2v) is 8.18. The van der Waals surface area contributed by atoms with Gasteiger partial charge in [0.1, 0.15) is 10.6 Å². The van der Waals surface area contributed by atoms with Gasteiger partial charge in [0.25, 0.3) is 5.91 Å². The average Bonchev–Trinajstić information content (AvgIpc) is 2.61. The van der Waals surface area contributed by atoms with E-state index in [9.17, 15) is 18.0 Å². The summed E-state index contributed by atoms with van der Waals surface area (Å²) in [6.45, 7) is 2.50. The van der Waals surface area contributed by atoms with Gasteiger partial charge in [0.2, 0.25) is 10.0 Å². The molecule has 1 amide bonds. The summed E-state index contributed by atoms with van der Waals surface area (Å²) in [6, 6.07) is 4.26. The Hall–Kier alpha value is -2.17. The molecule has 0 unspecified atom stereocenters. The van der Waals surface area contributed by atoms with Crippen LogP contribution in [-0.4, -0.2) is 69.6 Å². The van der Waals surface area contributed by atoms with Crippen molar-refractivity contribution in [3.63, 3.8) is 0 Å². The lowest BCUT2D eigenvalue weighted by molar-refractivity contribution is -0.139. The highest BCUT2D eigenvalue weighted by atomic mass is 32.2. The fraction of sp³-hybridized carbons (Fsp3) is 0.529. The Balaban J connectivity index is 2.04. The van der Waals surface area contributed by atoms with Crippen LogP contribution >= 0.6 is 0 Å². The minimum absolute atomic E-state index is 0.0223. The molecule has 0 heterocycles. The molecule has 0 saturated heterocycles. The number of carboxylic acid groups (broad SMARTS) is 1. The largest absolute Gasteiger partial charge is 0.495 e. The van der Waals surface area contributed by atoms with Gasteiger partial charge in [-0.15, -0.1) is 0 Å². The predicted octanol–water partition coefficient (Wildman–Crippen LogP) is 0.271. The van der Waals surface area contributed by atoms with Gasteiger partial charge < -0.3 is 15.2 Å². The molecule has 1 aliphatic rings. The molecule has 1 aromatic carbocycles. The summed E-state index contributed by atoms with van der Waals surface area (Å²) >= 11 is 0. The summed E-state index contributed by atoms with van der Waals surface area (Å²) in [5.74, 6) is -1.10. The highest BCUT2D eigenvalue weighted by molar-refractivity contribution is 7.89. The Labute approximate surface area is 158 Å². The van der Waals surface area contributed by atoms with Crippen LogP contribution in [0.4, 0.5) is 0 Å². The van der Waals surface area contributed by atoms with Gasteiger partial charge in [-0.05, 0) is 44.6 Å². The number of likely N-dealkylation sites (N-methyl/N-ethyl adjacent to an activating group) is 1. The molecule has 9 nitrogen and oxygen atoms in total. The molecule has 1 aromatic rings. The molecule has 0 spiro atoms. The Kier molecular flexibility index (Phi) is 6.79. The number of carboxylic acids is 1. The molecule has 27 heavy (non-hydrogen) atoms. The zero-order chi connectivity index (χ0) is 20.2. The van der Waals surface area contributed by atoms with Crippen molar-refractivity contribution in [1.29, 1.82) is 0 Å². The monoisotopic (exact) mass is 399 g/mol. The molecule has 0 bridgehead atoms. The number of methoxy groups -OCH3 is 1. The molecule has 2 rings (SSSR count). The van der Waals surface area contributed by atoms with E-state index >= 15 is 0 Å². The van der Waals surface area contributed by atoms with E-state index in [1.165, 1.54) is 32.4 Å². The van der Waals surface area contributed by atoms with E-state index < -0.39 is 16.0 Å². The molecule has 3 N–H and O–H groups in total. The zero-order valence-corrected chi connectivity index (χ0v) is 16.4. The maximum absolute atomic E-state index is 12.5. The summed E-state index contributed by atoms with van der Waals surface area (Å²) in [7, 11) is -1.13. The van der Waals surface area contributed by atoms with Gasteiger partial charge in [-0.1, -0.05) is 6.92 Å². The van der Waals surface area contributed by atoms with Crippen molar-refractivity contribution in [2.45, 2.75) is 36.7 Å². The van der Waals surface area contributed by atoms with E-state index in [-0.39, 0.29) is 40.7 Å². The second-order valence-electron chi connectivity index (χ2n) is 6.33. The number of amides is 1. The summed E-state index contributed by atoms with van der Waals surface area (Å²) in [5, 5.41) is 11.8. The number of hydrogen-bond acceptors (Lipinski definition) is 6. The Morgan fingerprint density at radius 2 is 2.00 bits per heavy atom. The molecule has 1 fully saturated rings. The van der Waals surface area contributed by atoms with Gasteiger partial charge in [-0.2, -0.15) is 0 Å². The number of sulfonamides is 1. The van der Waals surface area contributed by atoms with E-state index in [0.29, 0.717) is 19.4 Å². The van der Waals surface area contributed by atoms with Crippen LogP contribution < -0.4 is 14.8 Å². The van der Waals surface area contributed by atoms with Gasteiger partial charge in [-0.25, -0.2) is 13.1 Å². The van der Waals surface area contributed by atoms with Gasteiger partial charge in [-0.3, -0.25) is 14.5 Å². The SMILES string of the molecule is CCN(CC(=O)O)C1CC(NC(=O)c2ccc(OC)c(S(=O)(=O)NC)c2)C1. The van der Waals surface area contributed by atoms with Crippen LogP contribution in [0.15, 0.2) is 23.1 Å². The molecule has 0 atom stereocenters. The van der Waals surface area contributed by atoms with Gasteiger partial charge >= 0.3 is 5.97 Å². The quantitative estimate of drug-likeness (QED) is 0.544. The normalized spacial score (nSPS) is 19.4. The Morgan fingerprint density at radius 3 is 2.52 bits per heavy atom. The third-order valence-electron chi connectivity index (χ3n) is 4.69. The smallest absolute Gasteiger partial charge is 0.317 e. The molecule has 10 heteroatoms. The first-order valence-electron chi connectivity index (χ1n) is 8.60. The highest BCUT2D eigenvalue weighted by Gasteiger charge is 2.35. The van der Waals surface area contributed by atoms with E-state index in [4.69, 9.17) is 9.84 Å². The molecule has 150 valence electrons. The molecule has 1 aliphatic carbocycles. The molecule has 0 radical (unpaired) electrons. The lowest BCUT2D eigenvalue weighted by Gasteiger charge is -2.42. The van der Waals surface area contributed by atoms with Crippen LogP contribution in [0, 0.1) is 0 Å². The molecule has 1 saturated carbocycles. The van der Waals surface area contributed by atoms with E-state index in [0.717, 1.165) is 0 Å². The van der Waals surface area contributed by atoms with Crippen molar-refractivity contribution in [2.24, 2.45) is 0 Å². The third kappa shape index (κ3) is 4.96. The summed E-state index contributed by atoms with van der Waals surface area (Å²) in [4.78, 5) is 25.1. The first kappa shape index (κ1) is 21.1. The van der Waals surface area contributed by atoms with Crippen molar-refractivity contribution < 1.29 is 27.9 Å². The van der Waals surface area contributed by atoms with Gasteiger partial charge in [0.15, 0.2) is 0 Å². The number of aliphatic carboxylic acids is 1. The lowest BCUT2D eigenvalue weighted by atomic mass is 9.85. The maximum Gasteiger partial charge on any atom is 0.317 e. The first-order valence-corrected chi connectivity index (χ1v) is 10.1. The molecular weight excluding hydrogens is 374 g/mol. The standard InChI is InChI=1S/C17H25N3O6S/c1-4-20(10-16(21)22)13-8-12(9-13)19-17(23)11-5-6-14(26-3)15(7-11)27(24,25)18-2/h5-7,12-13,18H,4,8-10H2,1-3H3,(H,19,23)(H,21,22). The highest BCUT2D eigenvalue weighted by Crippen LogP contribution is 2.27. The number of nitrogens with zero attached hydrogens (tertiary/aromatic N) is 1. The number of hydrogen-bond donors (Lipinski definition) is 3. The number of nitrogens with one attached hydrogen (secondary N) is 2. The van der Waals surface area contributed by atoms with Crippen LogP contribution in [0.1, 0.15) is 30.1 Å². The Bertz CT molecular complexity index is 805. The van der Waals surface area contributed by atoms with Crippen molar-refractivity contribution in [2.75, 3.05) is 27.2 Å². The van der Waals surface area contributed by atoms with Crippen molar-refractivity contribution in [3.8, 4) is 5.75 Å². The van der Waals surface area contributed by atoms with Crippen LogP contribution in [0.2, 0.25) is 0 Å². The molecular formula is C17H25N3O6S. The van der Waals surface area contributed by atoms with E-state index in [2.05, 4.69) is 10.0 Å². The summed E-state index contributed by atoms with van der Waals surface area (Å²) < 4.78 is 31.5. The van der Waals surface area contributed by atoms with E-state index in [1.54, 1.807) is 0 Å². The summed E-state index contributed by atoms with van der Waals surface area (Å²) in [5.41, 5.74) is 0.214. The minimum Gasteiger partial charge on any atom is -0.495 e. The number of carbonyl (C=O) groups is 2. The Morgan fingerprint density at radius 1 is 1.33 bits per heavy atom. The van der Waals surface area contributed by atoms with Gasteiger partial charge in [0, 0.05) is 17.6 Å². The summed E-state index contributed by atoms with van der Waals surface area (Å²) in [6.07, 6.45) is 1.31. The van der Waals surface area contributed by atoms with Crippen LogP contribution in [0.5, 0.6) is 5.75 Å². The number of rotatable bonds is 9. The molecule has 0 aliphatic heterocycles. The van der Waals surface area contributed by atoms with Crippen molar-refractivity contribution in [1.82, 2.24) is 14.9 Å². The number of ether oxygens (including phenoxy) is 1. The topological polar surface area (TPSA) is 125 Å². The zero-order valence-electron chi connectivity index (χ0n) is 15.6. The lowest BCUT2D eigenvalue weighted by Crippen LogP contribution is -2.54. The fourth-order valence-electron chi connectivity index (χ4n) is 3.08. The van der Waals surface area contributed by atoms with Crippen molar-refractivity contribution >= 4 is 21.9 Å². The van der Waals surface area contributed by atoms with Crippen LogP contribution in [0.25, 0.3) is 0 Å². The average molecular weight is 399 g/mol. The van der Waals surface area contributed by atoms with Crippen molar-refractivity contribution in [3.05, 3.63) is 23.8 Å². The first-order chi connectivity index (χ1) is 12.7.